The molecule has 0 amide bonds. The van der Waals surface area contributed by atoms with Crippen LogP contribution in [0.1, 0.15) is 39.5 Å². The topological polar surface area (TPSA) is 68.2 Å². The molecule has 15 heavy (non-hydrogen) atoms. The summed E-state index contributed by atoms with van der Waals surface area (Å²) in [7, 11) is -1.57. The van der Waals surface area contributed by atoms with Crippen molar-refractivity contribution in [1.82, 2.24) is 0 Å². The zero-order valence-electron chi connectivity index (χ0n) is 8.97. The fraction of sp³-hybridized carbons (Fsp3) is 1.00. The third kappa shape index (κ3) is 1.54. The normalized spacial score (nSPS) is 48.8. The molecule has 0 saturated carbocycles. The lowest BCUT2D eigenvalue weighted by atomic mass is 9.86. The van der Waals surface area contributed by atoms with Crippen molar-refractivity contribution in [3.05, 3.63) is 0 Å². The lowest BCUT2D eigenvalue weighted by molar-refractivity contribution is -0.278. The molecule has 2 rings (SSSR count). The van der Waals surface area contributed by atoms with Gasteiger partial charge in [-0.3, -0.25) is 13.6 Å². The van der Waals surface area contributed by atoms with E-state index in [0.717, 1.165) is 12.8 Å². The molecule has 0 aromatic heterocycles. The van der Waals surface area contributed by atoms with Gasteiger partial charge in [-0.25, -0.2) is 0 Å². The standard InChI is InChI=1S/C9H17O5P/c1-3-5-6-9(11)8(4-2)7(10)12-15(13-8)14-9/h7,10-11H,3-6H2,1-2H3. The van der Waals surface area contributed by atoms with Crippen LogP contribution in [0.2, 0.25) is 0 Å². The Hall–Kier alpha value is 0.230. The Kier molecular flexibility index (Phi) is 3.05. The van der Waals surface area contributed by atoms with Crippen LogP contribution in [0.3, 0.4) is 0 Å². The fourth-order valence-corrected chi connectivity index (χ4v) is 3.64. The molecule has 2 heterocycles. The number of hydrogen-bond donors (Lipinski definition) is 2. The molecule has 88 valence electrons. The molecule has 6 heteroatoms. The summed E-state index contributed by atoms with van der Waals surface area (Å²) in [6, 6.07) is 0. The highest BCUT2D eigenvalue weighted by atomic mass is 31.2. The summed E-state index contributed by atoms with van der Waals surface area (Å²) in [6.45, 7) is 3.88. The van der Waals surface area contributed by atoms with Gasteiger partial charge in [0.1, 0.15) is 0 Å². The molecular formula is C9H17O5P. The average Bonchev–Trinajstić information content (AvgIpc) is 2.66. The van der Waals surface area contributed by atoms with Gasteiger partial charge in [-0.1, -0.05) is 20.3 Å². The van der Waals surface area contributed by atoms with Crippen molar-refractivity contribution >= 4 is 8.60 Å². The van der Waals surface area contributed by atoms with Gasteiger partial charge in [-0.15, -0.1) is 0 Å². The second-order valence-electron chi connectivity index (χ2n) is 3.99. The van der Waals surface area contributed by atoms with Gasteiger partial charge in [0.2, 0.25) is 5.79 Å². The van der Waals surface area contributed by atoms with Gasteiger partial charge in [-0.2, -0.15) is 0 Å². The maximum atomic E-state index is 10.4. The van der Waals surface area contributed by atoms with Crippen LogP contribution < -0.4 is 0 Å². The Bertz CT molecular complexity index is 251. The molecule has 0 aromatic rings. The van der Waals surface area contributed by atoms with Crippen LogP contribution in [0, 0.1) is 0 Å². The highest BCUT2D eigenvalue weighted by Crippen LogP contribution is 2.68. The van der Waals surface area contributed by atoms with Crippen LogP contribution in [-0.4, -0.2) is 27.9 Å². The Morgan fingerprint density at radius 1 is 1.33 bits per heavy atom. The smallest absolute Gasteiger partial charge is 0.338 e. The van der Waals surface area contributed by atoms with E-state index >= 15 is 0 Å². The van der Waals surface area contributed by atoms with Crippen LogP contribution >= 0.6 is 8.60 Å². The molecule has 4 atom stereocenters. The zero-order chi connectivity index (χ0) is 11.1. The van der Waals surface area contributed by atoms with Gasteiger partial charge >= 0.3 is 8.60 Å². The summed E-state index contributed by atoms with van der Waals surface area (Å²) in [5.41, 5.74) is -1.09. The van der Waals surface area contributed by atoms with Crippen molar-refractivity contribution in [3.8, 4) is 0 Å². The van der Waals surface area contributed by atoms with E-state index in [0.29, 0.717) is 12.8 Å². The highest BCUT2D eigenvalue weighted by Gasteiger charge is 2.70. The molecule has 0 radical (unpaired) electrons. The minimum absolute atomic E-state index is 0.465. The van der Waals surface area contributed by atoms with Crippen molar-refractivity contribution in [2.75, 3.05) is 0 Å². The van der Waals surface area contributed by atoms with Gasteiger partial charge in [0.25, 0.3) is 0 Å². The van der Waals surface area contributed by atoms with Crippen LogP contribution in [0.15, 0.2) is 0 Å². The van der Waals surface area contributed by atoms with E-state index < -0.39 is 26.3 Å². The maximum Gasteiger partial charge on any atom is 0.338 e. The van der Waals surface area contributed by atoms with Gasteiger partial charge in [0.05, 0.1) is 0 Å². The molecule has 2 fully saturated rings. The molecule has 2 N–H and O–H groups in total. The van der Waals surface area contributed by atoms with Crippen LogP contribution in [0.25, 0.3) is 0 Å². The molecule has 0 spiro atoms. The molecule has 2 saturated heterocycles. The first-order valence-corrected chi connectivity index (χ1v) is 6.43. The number of aliphatic hydroxyl groups is 2. The van der Waals surface area contributed by atoms with Crippen molar-refractivity contribution in [3.63, 3.8) is 0 Å². The number of hydrogen-bond acceptors (Lipinski definition) is 5. The molecule has 0 aromatic carbocycles. The van der Waals surface area contributed by atoms with Crippen molar-refractivity contribution in [2.45, 2.75) is 57.2 Å². The summed E-state index contributed by atoms with van der Waals surface area (Å²) < 4.78 is 15.8. The predicted octanol–water partition coefficient (Wildman–Crippen LogP) is 1.64. The first-order valence-electron chi connectivity index (χ1n) is 5.33. The second-order valence-corrected chi connectivity index (χ2v) is 5.02. The zero-order valence-corrected chi connectivity index (χ0v) is 9.87. The number of unbranched alkanes of at least 4 members (excludes halogenated alkanes) is 1. The van der Waals surface area contributed by atoms with E-state index in [1.165, 1.54) is 0 Å². The molecular weight excluding hydrogens is 219 g/mol. The maximum absolute atomic E-state index is 10.4. The minimum Gasteiger partial charge on any atom is -0.365 e. The van der Waals surface area contributed by atoms with Gasteiger partial charge in [0.15, 0.2) is 11.9 Å². The Labute approximate surface area is 90.3 Å². The van der Waals surface area contributed by atoms with Crippen LogP contribution in [0.4, 0.5) is 0 Å². The monoisotopic (exact) mass is 236 g/mol. The van der Waals surface area contributed by atoms with Crippen LogP contribution in [0.5, 0.6) is 0 Å². The number of fused-ring (bicyclic) bond motifs is 2. The Morgan fingerprint density at radius 3 is 2.60 bits per heavy atom. The first kappa shape index (κ1) is 11.7. The Morgan fingerprint density at radius 2 is 2.07 bits per heavy atom. The molecule has 4 unspecified atom stereocenters. The third-order valence-electron chi connectivity index (χ3n) is 3.10. The second kappa shape index (κ2) is 3.91. The van der Waals surface area contributed by atoms with Gasteiger partial charge < -0.3 is 10.2 Å². The molecule has 5 nitrogen and oxygen atoms in total. The highest BCUT2D eigenvalue weighted by molar-refractivity contribution is 7.42. The van der Waals surface area contributed by atoms with E-state index in [1.54, 1.807) is 0 Å². The first-order chi connectivity index (χ1) is 7.08. The summed E-state index contributed by atoms with van der Waals surface area (Å²) >= 11 is 0. The predicted molar refractivity (Wildman–Crippen MR) is 53.7 cm³/mol. The summed E-state index contributed by atoms with van der Waals surface area (Å²) in [6.07, 6.45) is 1.64. The quantitative estimate of drug-likeness (QED) is 0.726. The van der Waals surface area contributed by atoms with Crippen molar-refractivity contribution in [2.24, 2.45) is 0 Å². The van der Waals surface area contributed by atoms with Crippen molar-refractivity contribution < 1.29 is 23.8 Å². The third-order valence-corrected chi connectivity index (χ3v) is 4.40. The minimum atomic E-state index is -1.57. The van der Waals surface area contributed by atoms with Crippen LogP contribution in [-0.2, 0) is 13.6 Å². The van der Waals surface area contributed by atoms with Crippen molar-refractivity contribution in [1.29, 1.82) is 0 Å². The lowest BCUT2D eigenvalue weighted by Crippen LogP contribution is -2.59. The van der Waals surface area contributed by atoms with Gasteiger partial charge in [0, 0.05) is 6.42 Å². The summed E-state index contributed by atoms with van der Waals surface area (Å²) in [5.74, 6) is -1.39. The van der Waals surface area contributed by atoms with E-state index in [4.69, 9.17) is 13.6 Å². The van der Waals surface area contributed by atoms with Gasteiger partial charge in [-0.05, 0) is 12.8 Å². The SMILES string of the molecule is CCCCC1(O)OP2OC(O)C1(CC)O2. The summed E-state index contributed by atoms with van der Waals surface area (Å²) in [4.78, 5) is 0. The Balaban J connectivity index is 2.19. The molecule has 2 aliphatic rings. The number of rotatable bonds is 4. The summed E-state index contributed by atoms with van der Waals surface area (Å²) in [5, 5.41) is 20.1. The fourth-order valence-electron chi connectivity index (χ4n) is 2.06. The number of aliphatic hydroxyl groups excluding tert-OH is 1. The van der Waals surface area contributed by atoms with E-state index in [-0.39, 0.29) is 0 Å². The molecule has 0 aliphatic carbocycles. The van der Waals surface area contributed by atoms with E-state index in [9.17, 15) is 10.2 Å². The largest absolute Gasteiger partial charge is 0.365 e. The lowest BCUT2D eigenvalue weighted by Gasteiger charge is -2.39. The molecule has 2 bridgehead atoms. The van der Waals surface area contributed by atoms with E-state index in [2.05, 4.69) is 0 Å². The molecule has 2 aliphatic heterocycles. The van der Waals surface area contributed by atoms with E-state index in [1.807, 2.05) is 13.8 Å². The average molecular weight is 236 g/mol.